The zero-order valence-electron chi connectivity index (χ0n) is 20.0. The van der Waals surface area contributed by atoms with Crippen LogP contribution >= 0.6 is 0 Å². The molecule has 1 heterocycles. The number of rotatable bonds is 7. The number of amides is 1. The summed E-state index contributed by atoms with van der Waals surface area (Å²) in [5, 5.41) is 3.23. The zero-order valence-corrected chi connectivity index (χ0v) is 20.0. The van der Waals surface area contributed by atoms with Crippen molar-refractivity contribution in [1.82, 2.24) is 5.32 Å². The lowest BCUT2D eigenvalue weighted by Gasteiger charge is -2.13. The average molecular weight is 476 g/mol. The molecule has 0 bridgehead atoms. The van der Waals surface area contributed by atoms with Gasteiger partial charge in [-0.05, 0) is 60.9 Å². The molecule has 0 radical (unpaired) electrons. The Morgan fingerprint density at radius 3 is 2.34 bits per heavy atom. The molecule has 3 aromatic carbocycles. The fraction of sp³-hybridized carbons (Fsp3) is 0.214. The van der Waals surface area contributed by atoms with E-state index in [1.165, 1.54) is 26.3 Å². The Hall–Kier alpha value is -4.13. The first-order valence-corrected chi connectivity index (χ1v) is 11.3. The van der Waals surface area contributed by atoms with Crippen LogP contribution < -0.4 is 10.1 Å². The number of carbonyl (C=O) groups excluding carboxylic acids is 2. The summed E-state index contributed by atoms with van der Waals surface area (Å²) >= 11 is 0. The maximum Gasteiger partial charge on any atom is 0.338 e. The summed E-state index contributed by atoms with van der Waals surface area (Å²) < 4.78 is 30.5. The third kappa shape index (κ3) is 4.49. The molecule has 1 aromatic heterocycles. The molecule has 4 rings (SSSR count). The van der Waals surface area contributed by atoms with E-state index in [0.29, 0.717) is 57.8 Å². The SMILES string of the molecule is CCOc1cc2oc(-c3ccc(F)cc3)c(C(=O)NC)c2cc1-c1ccc(CC)c(C(=O)OC)c1. The van der Waals surface area contributed by atoms with Crippen molar-refractivity contribution in [2.75, 3.05) is 20.8 Å². The second-order valence-electron chi connectivity index (χ2n) is 7.89. The third-order valence-electron chi connectivity index (χ3n) is 5.86. The maximum atomic E-state index is 13.5. The van der Waals surface area contributed by atoms with Crippen molar-refractivity contribution in [3.63, 3.8) is 0 Å². The van der Waals surface area contributed by atoms with Gasteiger partial charge >= 0.3 is 5.97 Å². The Bertz CT molecular complexity index is 1410. The van der Waals surface area contributed by atoms with Crippen LogP contribution in [0.1, 0.15) is 40.1 Å². The highest BCUT2D eigenvalue weighted by molar-refractivity contribution is 6.12. The van der Waals surface area contributed by atoms with Crippen molar-refractivity contribution in [3.05, 3.63) is 77.1 Å². The van der Waals surface area contributed by atoms with Crippen LogP contribution in [0.5, 0.6) is 5.75 Å². The smallest absolute Gasteiger partial charge is 0.338 e. The van der Waals surface area contributed by atoms with Gasteiger partial charge in [-0.15, -0.1) is 0 Å². The van der Waals surface area contributed by atoms with E-state index in [2.05, 4.69) is 5.32 Å². The topological polar surface area (TPSA) is 77.8 Å². The van der Waals surface area contributed by atoms with Crippen LogP contribution in [0.3, 0.4) is 0 Å². The summed E-state index contributed by atoms with van der Waals surface area (Å²) in [6.07, 6.45) is 0.672. The lowest BCUT2D eigenvalue weighted by atomic mass is 9.95. The van der Waals surface area contributed by atoms with E-state index >= 15 is 0 Å². The van der Waals surface area contributed by atoms with Gasteiger partial charge in [0.2, 0.25) is 0 Å². The number of hydrogen-bond acceptors (Lipinski definition) is 5. The molecule has 7 heteroatoms. The molecule has 4 aromatic rings. The number of nitrogens with one attached hydrogen (secondary N) is 1. The quantitative estimate of drug-likeness (QED) is 0.331. The first kappa shape index (κ1) is 24.0. The number of methoxy groups -OCH3 is 1. The Kier molecular flexibility index (Phi) is 6.87. The summed E-state index contributed by atoms with van der Waals surface area (Å²) in [7, 11) is 2.89. The molecule has 35 heavy (non-hydrogen) atoms. The maximum absolute atomic E-state index is 13.5. The van der Waals surface area contributed by atoms with Crippen molar-refractivity contribution >= 4 is 22.8 Å². The predicted molar refractivity (Wildman–Crippen MR) is 132 cm³/mol. The molecule has 1 N–H and O–H groups in total. The number of halogens is 1. The molecular weight excluding hydrogens is 449 g/mol. The molecule has 0 unspecified atom stereocenters. The number of esters is 1. The van der Waals surface area contributed by atoms with Gasteiger partial charge in [0.15, 0.2) is 0 Å². The normalized spacial score (nSPS) is 10.9. The molecule has 0 atom stereocenters. The standard InChI is InChI=1S/C28H26FNO5/c1-5-16-7-8-18(13-21(16)28(32)33-4)20-14-22-24(15-23(20)34-6-2)35-26(25(22)27(31)30-3)17-9-11-19(29)12-10-17/h7-15H,5-6H2,1-4H3,(H,30,31). The van der Waals surface area contributed by atoms with Crippen LogP contribution in [-0.4, -0.2) is 32.6 Å². The minimum absolute atomic E-state index is 0.329. The molecule has 0 fully saturated rings. The molecule has 0 saturated heterocycles. The Labute approximate surface area is 202 Å². The molecule has 0 spiro atoms. The van der Waals surface area contributed by atoms with Gasteiger partial charge in [-0.1, -0.05) is 19.1 Å². The van der Waals surface area contributed by atoms with E-state index in [-0.39, 0.29) is 11.7 Å². The van der Waals surface area contributed by atoms with Crippen molar-refractivity contribution in [1.29, 1.82) is 0 Å². The van der Waals surface area contributed by atoms with E-state index in [4.69, 9.17) is 13.9 Å². The number of hydrogen-bond donors (Lipinski definition) is 1. The predicted octanol–water partition coefficient (Wildman–Crippen LogP) is 6.01. The number of carbonyl (C=O) groups is 2. The van der Waals surface area contributed by atoms with E-state index in [9.17, 15) is 14.0 Å². The number of benzene rings is 3. The van der Waals surface area contributed by atoms with Gasteiger partial charge in [0.1, 0.15) is 22.9 Å². The summed E-state index contributed by atoms with van der Waals surface area (Å²) in [6.45, 7) is 4.25. The van der Waals surface area contributed by atoms with Crippen LogP contribution in [0.25, 0.3) is 33.4 Å². The molecule has 0 saturated carbocycles. The van der Waals surface area contributed by atoms with E-state index in [1.54, 1.807) is 24.3 Å². The van der Waals surface area contributed by atoms with Crippen LogP contribution in [0.2, 0.25) is 0 Å². The van der Waals surface area contributed by atoms with E-state index in [0.717, 1.165) is 11.1 Å². The van der Waals surface area contributed by atoms with Crippen LogP contribution in [0.4, 0.5) is 4.39 Å². The lowest BCUT2D eigenvalue weighted by molar-refractivity contribution is 0.0599. The van der Waals surface area contributed by atoms with Crippen molar-refractivity contribution in [2.45, 2.75) is 20.3 Å². The monoisotopic (exact) mass is 475 g/mol. The number of aryl methyl sites for hydroxylation is 1. The summed E-state index contributed by atoms with van der Waals surface area (Å²) in [5.74, 6) is -0.270. The number of ether oxygens (including phenoxy) is 2. The second-order valence-corrected chi connectivity index (χ2v) is 7.89. The van der Waals surface area contributed by atoms with Crippen LogP contribution in [-0.2, 0) is 11.2 Å². The van der Waals surface area contributed by atoms with Crippen molar-refractivity contribution in [3.8, 4) is 28.2 Å². The number of furan rings is 1. The average Bonchev–Trinajstić information content (AvgIpc) is 3.25. The van der Waals surface area contributed by atoms with Crippen LogP contribution in [0.15, 0.2) is 59.0 Å². The van der Waals surface area contributed by atoms with Gasteiger partial charge in [0.25, 0.3) is 5.91 Å². The Balaban J connectivity index is 2.00. The van der Waals surface area contributed by atoms with E-state index < -0.39 is 5.97 Å². The first-order valence-electron chi connectivity index (χ1n) is 11.3. The molecule has 0 aliphatic rings. The summed E-state index contributed by atoms with van der Waals surface area (Å²) in [5.41, 5.74) is 4.13. The van der Waals surface area contributed by atoms with Gasteiger partial charge < -0.3 is 19.2 Å². The van der Waals surface area contributed by atoms with E-state index in [1.807, 2.05) is 32.0 Å². The van der Waals surface area contributed by atoms with Gasteiger partial charge in [0.05, 0.1) is 24.8 Å². The van der Waals surface area contributed by atoms with Crippen molar-refractivity contribution < 1.29 is 27.9 Å². The van der Waals surface area contributed by atoms with Gasteiger partial charge in [-0.25, -0.2) is 9.18 Å². The Morgan fingerprint density at radius 1 is 1.00 bits per heavy atom. The third-order valence-corrected chi connectivity index (χ3v) is 5.86. The zero-order chi connectivity index (χ0) is 25.1. The van der Waals surface area contributed by atoms with Gasteiger partial charge in [-0.3, -0.25) is 4.79 Å². The summed E-state index contributed by atoms with van der Waals surface area (Å²) in [6, 6.07) is 14.9. The highest BCUT2D eigenvalue weighted by Gasteiger charge is 2.24. The fourth-order valence-electron chi connectivity index (χ4n) is 4.13. The molecular formula is C28H26FNO5. The minimum Gasteiger partial charge on any atom is -0.493 e. The molecule has 180 valence electrons. The lowest BCUT2D eigenvalue weighted by Crippen LogP contribution is -2.18. The molecule has 0 aliphatic heterocycles. The highest BCUT2D eigenvalue weighted by atomic mass is 19.1. The largest absolute Gasteiger partial charge is 0.493 e. The van der Waals surface area contributed by atoms with Gasteiger partial charge in [0, 0.05) is 29.6 Å². The molecule has 6 nitrogen and oxygen atoms in total. The minimum atomic E-state index is -0.421. The summed E-state index contributed by atoms with van der Waals surface area (Å²) in [4.78, 5) is 25.4. The number of fused-ring (bicyclic) bond motifs is 1. The molecule has 0 aliphatic carbocycles. The fourth-order valence-corrected chi connectivity index (χ4v) is 4.13. The van der Waals surface area contributed by atoms with Crippen molar-refractivity contribution in [2.24, 2.45) is 0 Å². The molecule has 1 amide bonds. The van der Waals surface area contributed by atoms with Crippen LogP contribution in [0, 0.1) is 5.82 Å². The Morgan fingerprint density at radius 2 is 1.71 bits per heavy atom. The second kappa shape index (κ2) is 10.0. The first-order chi connectivity index (χ1) is 16.9. The highest BCUT2D eigenvalue weighted by Crippen LogP contribution is 2.41. The van der Waals surface area contributed by atoms with Gasteiger partial charge in [-0.2, -0.15) is 0 Å².